The second-order valence-corrected chi connectivity index (χ2v) is 4.27. The van der Waals surface area contributed by atoms with Crippen LogP contribution in [0.4, 0.5) is 4.39 Å². The Morgan fingerprint density at radius 1 is 1.35 bits per heavy atom. The number of hydrogen-bond acceptors (Lipinski definition) is 3. The van der Waals surface area contributed by atoms with Gasteiger partial charge in [0, 0.05) is 5.56 Å². The summed E-state index contributed by atoms with van der Waals surface area (Å²) in [6, 6.07) is 4.24. The first kappa shape index (κ1) is 11.9. The molecule has 0 heterocycles. The lowest BCUT2D eigenvalue weighted by atomic mass is 9.64. The standard InChI is InChI=1S/C13H15FO3/c1-16-11-5-4-9(14)8-10(11)13(6-3-7-13)12(15)17-2/h4-5,8H,3,6-7H2,1-2H3. The van der Waals surface area contributed by atoms with Crippen LogP contribution >= 0.6 is 0 Å². The lowest BCUT2D eigenvalue weighted by Gasteiger charge is -2.39. The molecular formula is C13H15FO3. The molecule has 0 spiro atoms. The van der Waals surface area contributed by atoms with Gasteiger partial charge in [0.25, 0.3) is 0 Å². The summed E-state index contributed by atoms with van der Waals surface area (Å²) in [6.07, 6.45) is 2.30. The van der Waals surface area contributed by atoms with Crippen LogP contribution in [0.3, 0.4) is 0 Å². The predicted octanol–water partition coefficient (Wildman–Crippen LogP) is 2.43. The molecule has 0 aromatic heterocycles. The van der Waals surface area contributed by atoms with Gasteiger partial charge in [0.2, 0.25) is 0 Å². The van der Waals surface area contributed by atoms with Crippen molar-refractivity contribution in [3.8, 4) is 5.75 Å². The molecule has 1 aromatic carbocycles. The Hall–Kier alpha value is -1.58. The number of rotatable bonds is 3. The minimum atomic E-state index is -0.720. The summed E-state index contributed by atoms with van der Waals surface area (Å²) in [6.45, 7) is 0. The molecule has 1 fully saturated rings. The van der Waals surface area contributed by atoms with Crippen LogP contribution in [0, 0.1) is 5.82 Å². The molecule has 1 saturated carbocycles. The van der Waals surface area contributed by atoms with Gasteiger partial charge >= 0.3 is 5.97 Å². The van der Waals surface area contributed by atoms with E-state index in [1.807, 2.05) is 0 Å². The third kappa shape index (κ3) is 1.77. The lowest BCUT2D eigenvalue weighted by Crippen LogP contribution is -2.43. The van der Waals surface area contributed by atoms with E-state index in [1.165, 1.54) is 26.4 Å². The van der Waals surface area contributed by atoms with E-state index in [2.05, 4.69) is 0 Å². The number of esters is 1. The maximum absolute atomic E-state index is 13.3. The van der Waals surface area contributed by atoms with Gasteiger partial charge < -0.3 is 9.47 Å². The quantitative estimate of drug-likeness (QED) is 0.759. The molecule has 0 radical (unpaired) electrons. The zero-order chi connectivity index (χ0) is 12.5. The molecule has 92 valence electrons. The summed E-state index contributed by atoms with van der Waals surface area (Å²) in [5.41, 5.74) is -0.125. The van der Waals surface area contributed by atoms with Crippen molar-refractivity contribution < 1.29 is 18.7 Å². The van der Waals surface area contributed by atoms with E-state index in [-0.39, 0.29) is 11.8 Å². The molecule has 0 amide bonds. The third-order valence-electron chi connectivity index (χ3n) is 3.46. The second-order valence-electron chi connectivity index (χ2n) is 4.27. The Balaban J connectivity index is 2.50. The Morgan fingerprint density at radius 2 is 2.06 bits per heavy atom. The molecule has 1 aliphatic rings. The highest BCUT2D eigenvalue weighted by Crippen LogP contribution is 2.48. The van der Waals surface area contributed by atoms with Crippen LogP contribution in [0.1, 0.15) is 24.8 Å². The Kier molecular flexibility index (Phi) is 3.05. The van der Waals surface area contributed by atoms with E-state index < -0.39 is 5.41 Å². The first-order chi connectivity index (χ1) is 8.14. The summed E-state index contributed by atoms with van der Waals surface area (Å²) < 4.78 is 23.4. The van der Waals surface area contributed by atoms with Crippen LogP contribution in [-0.4, -0.2) is 20.2 Å². The van der Waals surface area contributed by atoms with Crippen molar-refractivity contribution in [2.45, 2.75) is 24.7 Å². The van der Waals surface area contributed by atoms with Crippen molar-refractivity contribution >= 4 is 5.97 Å². The van der Waals surface area contributed by atoms with E-state index >= 15 is 0 Å². The maximum Gasteiger partial charge on any atom is 0.316 e. The summed E-state index contributed by atoms with van der Waals surface area (Å²) in [7, 11) is 2.87. The number of methoxy groups -OCH3 is 2. The van der Waals surface area contributed by atoms with Crippen LogP contribution in [0.2, 0.25) is 0 Å². The minimum Gasteiger partial charge on any atom is -0.496 e. The highest BCUT2D eigenvalue weighted by molar-refractivity contribution is 5.85. The number of ether oxygens (including phenoxy) is 2. The highest BCUT2D eigenvalue weighted by Gasteiger charge is 2.48. The van der Waals surface area contributed by atoms with Gasteiger partial charge in [-0.15, -0.1) is 0 Å². The summed E-state index contributed by atoms with van der Waals surface area (Å²) >= 11 is 0. The average Bonchev–Trinajstić information content (AvgIpc) is 2.27. The van der Waals surface area contributed by atoms with Crippen molar-refractivity contribution in [3.05, 3.63) is 29.6 Å². The van der Waals surface area contributed by atoms with Crippen LogP contribution in [0.25, 0.3) is 0 Å². The summed E-state index contributed by atoms with van der Waals surface area (Å²) in [4.78, 5) is 11.9. The van der Waals surface area contributed by atoms with E-state index in [0.29, 0.717) is 24.2 Å². The van der Waals surface area contributed by atoms with Crippen LogP contribution < -0.4 is 4.74 Å². The van der Waals surface area contributed by atoms with Gasteiger partial charge in [0.1, 0.15) is 11.6 Å². The monoisotopic (exact) mass is 238 g/mol. The SMILES string of the molecule is COC(=O)C1(c2cc(F)ccc2OC)CCC1. The Labute approximate surface area is 99.5 Å². The van der Waals surface area contributed by atoms with Crippen molar-refractivity contribution in [3.63, 3.8) is 0 Å². The zero-order valence-electron chi connectivity index (χ0n) is 9.96. The average molecular weight is 238 g/mol. The highest BCUT2D eigenvalue weighted by atomic mass is 19.1. The molecule has 1 aliphatic carbocycles. The number of hydrogen-bond donors (Lipinski definition) is 0. The van der Waals surface area contributed by atoms with Crippen molar-refractivity contribution in [1.82, 2.24) is 0 Å². The van der Waals surface area contributed by atoms with Crippen LogP contribution in [0.15, 0.2) is 18.2 Å². The Bertz CT molecular complexity index is 438. The number of carbonyl (C=O) groups is 1. The molecule has 0 aliphatic heterocycles. The van der Waals surface area contributed by atoms with Crippen molar-refractivity contribution in [2.24, 2.45) is 0 Å². The lowest BCUT2D eigenvalue weighted by molar-refractivity contribution is -0.151. The van der Waals surface area contributed by atoms with Gasteiger partial charge in [-0.2, -0.15) is 0 Å². The van der Waals surface area contributed by atoms with E-state index in [9.17, 15) is 9.18 Å². The third-order valence-corrected chi connectivity index (χ3v) is 3.46. The molecule has 0 atom stereocenters. The summed E-state index contributed by atoms with van der Waals surface area (Å²) in [5, 5.41) is 0. The fraction of sp³-hybridized carbons (Fsp3) is 0.462. The van der Waals surface area contributed by atoms with Crippen LogP contribution in [-0.2, 0) is 14.9 Å². The molecule has 4 heteroatoms. The fourth-order valence-corrected chi connectivity index (χ4v) is 2.36. The number of halogens is 1. The maximum atomic E-state index is 13.3. The van der Waals surface area contributed by atoms with E-state index in [0.717, 1.165) is 6.42 Å². The first-order valence-corrected chi connectivity index (χ1v) is 5.56. The van der Waals surface area contributed by atoms with Gasteiger partial charge in [0.15, 0.2) is 0 Å². The zero-order valence-corrected chi connectivity index (χ0v) is 9.96. The topological polar surface area (TPSA) is 35.5 Å². The van der Waals surface area contributed by atoms with E-state index in [4.69, 9.17) is 9.47 Å². The fourth-order valence-electron chi connectivity index (χ4n) is 2.36. The van der Waals surface area contributed by atoms with Gasteiger partial charge in [-0.25, -0.2) is 4.39 Å². The van der Waals surface area contributed by atoms with Crippen molar-refractivity contribution in [1.29, 1.82) is 0 Å². The molecule has 2 rings (SSSR count). The molecule has 17 heavy (non-hydrogen) atoms. The number of carbonyl (C=O) groups excluding carboxylic acids is 1. The first-order valence-electron chi connectivity index (χ1n) is 5.56. The van der Waals surface area contributed by atoms with Gasteiger partial charge in [0.05, 0.1) is 19.6 Å². The second kappa shape index (κ2) is 4.35. The summed E-state index contributed by atoms with van der Waals surface area (Å²) in [5.74, 6) is -0.139. The molecule has 0 bridgehead atoms. The largest absolute Gasteiger partial charge is 0.496 e. The Morgan fingerprint density at radius 3 is 2.53 bits per heavy atom. The molecule has 0 unspecified atom stereocenters. The molecule has 0 saturated heterocycles. The minimum absolute atomic E-state index is 0.312. The van der Waals surface area contributed by atoms with Crippen molar-refractivity contribution in [2.75, 3.05) is 14.2 Å². The predicted molar refractivity (Wildman–Crippen MR) is 60.5 cm³/mol. The number of benzene rings is 1. The van der Waals surface area contributed by atoms with Gasteiger partial charge in [-0.05, 0) is 31.0 Å². The van der Waals surface area contributed by atoms with Gasteiger partial charge in [-0.3, -0.25) is 4.79 Å². The molecule has 3 nitrogen and oxygen atoms in total. The smallest absolute Gasteiger partial charge is 0.316 e. The van der Waals surface area contributed by atoms with E-state index in [1.54, 1.807) is 6.07 Å². The molecule has 1 aromatic rings. The van der Waals surface area contributed by atoms with Crippen LogP contribution in [0.5, 0.6) is 5.75 Å². The molecule has 0 N–H and O–H groups in total. The van der Waals surface area contributed by atoms with Gasteiger partial charge in [-0.1, -0.05) is 6.42 Å². The normalized spacial score (nSPS) is 17.1. The molecular weight excluding hydrogens is 223 g/mol.